The SMILES string of the molecule is COc1cc(S(=O)(=O)O)cc2cc([NH])ccc12. The van der Waals surface area contributed by atoms with E-state index >= 15 is 0 Å². The molecule has 0 aliphatic heterocycles. The molecular formula is C11H10NO4S. The van der Waals surface area contributed by atoms with E-state index in [0.29, 0.717) is 16.5 Å². The lowest BCUT2D eigenvalue weighted by Crippen LogP contribution is -1.99. The maximum atomic E-state index is 11.1. The molecule has 5 nitrogen and oxygen atoms in total. The third-order valence-corrected chi connectivity index (χ3v) is 3.24. The lowest BCUT2D eigenvalue weighted by atomic mass is 10.1. The number of rotatable bonds is 2. The van der Waals surface area contributed by atoms with Gasteiger partial charge < -0.3 is 10.5 Å². The van der Waals surface area contributed by atoms with Gasteiger partial charge in [-0.1, -0.05) is 0 Å². The molecule has 0 fully saturated rings. The largest absolute Gasteiger partial charge is 0.496 e. The van der Waals surface area contributed by atoms with Crippen LogP contribution in [0.2, 0.25) is 0 Å². The van der Waals surface area contributed by atoms with Gasteiger partial charge in [-0.2, -0.15) is 8.42 Å². The second kappa shape index (κ2) is 3.90. The fourth-order valence-electron chi connectivity index (χ4n) is 1.63. The van der Waals surface area contributed by atoms with Crippen molar-refractivity contribution in [2.45, 2.75) is 4.90 Å². The minimum Gasteiger partial charge on any atom is -0.496 e. The van der Waals surface area contributed by atoms with E-state index in [4.69, 9.17) is 15.0 Å². The van der Waals surface area contributed by atoms with Crippen LogP contribution in [0.3, 0.4) is 0 Å². The molecule has 0 aromatic heterocycles. The van der Waals surface area contributed by atoms with E-state index < -0.39 is 10.1 Å². The monoisotopic (exact) mass is 252 g/mol. The number of methoxy groups -OCH3 is 1. The maximum Gasteiger partial charge on any atom is 0.294 e. The summed E-state index contributed by atoms with van der Waals surface area (Å²) in [7, 11) is -2.87. The van der Waals surface area contributed by atoms with Gasteiger partial charge in [-0.15, -0.1) is 0 Å². The zero-order chi connectivity index (χ0) is 12.6. The molecule has 0 atom stereocenters. The normalized spacial score (nSPS) is 11.6. The Labute approximate surface area is 98.6 Å². The molecule has 0 saturated carbocycles. The standard InChI is InChI=1S/C11H10NO4S/c1-16-11-6-9(17(13,14)15)5-7-4-8(12)2-3-10(7)11/h2-6,12H,1H3,(H,13,14,15). The summed E-state index contributed by atoms with van der Waals surface area (Å²) >= 11 is 0. The molecule has 6 heteroatoms. The predicted octanol–water partition coefficient (Wildman–Crippen LogP) is 2.01. The Morgan fingerprint density at radius 2 is 1.94 bits per heavy atom. The van der Waals surface area contributed by atoms with Crippen LogP contribution in [0, 0.1) is 0 Å². The predicted molar refractivity (Wildman–Crippen MR) is 63.1 cm³/mol. The summed E-state index contributed by atoms with van der Waals surface area (Å²) in [5, 5.41) is 1.22. The van der Waals surface area contributed by atoms with Gasteiger partial charge in [-0.3, -0.25) is 4.55 Å². The Bertz CT molecular complexity index is 679. The van der Waals surface area contributed by atoms with E-state index in [1.807, 2.05) is 0 Å². The van der Waals surface area contributed by atoms with Gasteiger partial charge in [-0.05, 0) is 29.7 Å². The highest BCUT2D eigenvalue weighted by molar-refractivity contribution is 7.85. The summed E-state index contributed by atoms with van der Waals surface area (Å²) in [5.74, 6) is 0.343. The Kier molecular flexibility index (Phi) is 2.68. The van der Waals surface area contributed by atoms with E-state index in [2.05, 4.69) is 0 Å². The van der Waals surface area contributed by atoms with Crippen LogP contribution in [0.4, 0.5) is 5.69 Å². The van der Waals surface area contributed by atoms with Crippen LogP contribution >= 0.6 is 0 Å². The second-order valence-corrected chi connectivity index (χ2v) is 4.96. The molecule has 0 aliphatic carbocycles. The average Bonchev–Trinajstić information content (AvgIpc) is 2.25. The molecule has 0 amide bonds. The molecule has 0 unspecified atom stereocenters. The highest BCUT2D eigenvalue weighted by Crippen LogP contribution is 2.30. The van der Waals surface area contributed by atoms with Crippen molar-refractivity contribution >= 4 is 26.6 Å². The fourth-order valence-corrected chi connectivity index (χ4v) is 2.16. The first-order chi connectivity index (χ1) is 7.91. The van der Waals surface area contributed by atoms with Crippen LogP contribution in [-0.2, 0) is 10.1 Å². The van der Waals surface area contributed by atoms with Crippen LogP contribution in [0.25, 0.3) is 10.8 Å². The second-order valence-electron chi connectivity index (χ2n) is 3.54. The molecule has 0 heterocycles. The summed E-state index contributed by atoms with van der Waals surface area (Å²) in [6.45, 7) is 0. The third kappa shape index (κ3) is 2.17. The molecule has 2 aromatic rings. The molecule has 0 saturated heterocycles. The van der Waals surface area contributed by atoms with E-state index in [-0.39, 0.29) is 10.6 Å². The number of hydrogen-bond acceptors (Lipinski definition) is 3. The van der Waals surface area contributed by atoms with Gasteiger partial charge in [0.2, 0.25) is 0 Å². The summed E-state index contributed by atoms with van der Waals surface area (Å²) in [6.07, 6.45) is 0. The van der Waals surface area contributed by atoms with Gasteiger partial charge in [0.05, 0.1) is 17.7 Å². The number of fused-ring (bicyclic) bond motifs is 1. The zero-order valence-corrected chi connectivity index (χ0v) is 9.78. The van der Waals surface area contributed by atoms with Crippen molar-refractivity contribution in [1.82, 2.24) is 5.73 Å². The first-order valence-corrected chi connectivity index (χ1v) is 6.17. The minimum atomic E-state index is -4.28. The quantitative estimate of drug-likeness (QED) is 0.828. The minimum absolute atomic E-state index is 0.243. The summed E-state index contributed by atoms with van der Waals surface area (Å²) in [5.41, 5.74) is 7.73. The molecule has 1 radical (unpaired) electrons. The number of benzene rings is 2. The van der Waals surface area contributed by atoms with Crippen LogP contribution in [0.1, 0.15) is 0 Å². The Morgan fingerprint density at radius 3 is 2.53 bits per heavy atom. The van der Waals surface area contributed by atoms with Gasteiger partial charge in [0.15, 0.2) is 0 Å². The van der Waals surface area contributed by atoms with E-state index in [1.165, 1.54) is 25.3 Å². The van der Waals surface area contributed by atoms with Gasteiger partial charge in [0, 0.05) is 11.5 Å². The Morgan fingerprint density at radius 1 is 1.24 bits per heavy atom. The van der Waals surface area contributed by atoms with E-state index in [0.717, 1.165) is 0 Å². The van der Waals surface area contributed by atoms with Gasteiger partial charge >= 0.3 is 0 Å². The van der Waals surface area contributed by atoms with Crippen LogP contribution in [0.5, 0.6) is 5.75 Å². The highest BCUT2D eigenvalue weighted by Gasteiger charge is 2.13. The topological polar surface area (TPSA) is 87.4 Å². The van der Waals surface area contributed by atoms with Gasteiger partial charge in [0.25, 0.3) is 10.1 Å². The molecule has 2 aromatic carbocycles. The van der Waals surface area contributed by atoms with Crippen LogP contribution < -0.4 is 10.5 Å². The van der Waals surface area contributed by atoms with E-state index in [9.17, 15) is 8.42 Å². The smallest absolute Gasteiger partial charge is 0.294 e. The molecular weight excluding hydrogens is 242 g/mol. The van der Waals surface area contributed by atoms with Crippen molar-refractivity contribution in [2.24, 2.45) is 0 Å². The third-order valence-electron chi connectivity index (χ3n) is 2.41. The molecule has 0 bridgehead atoms. The summed E-state index contributed by atoms with van der Waals surface area (Å²) in [4.78, 5) is -0.243. The van der Waals surface area contributed by atoms with Crippen molar-refractivity contribution in [1.29, 1.82) is 0 Å². The van der Waals surface area contributed by atoms with Crippen molar-refractivity contribution in [3.63, 3.8) is 0 Å². The first-order valence-electron chi connectivity index (χ1n) is 4.73. The molecule has 17 heavy (non-hydrogen) atoms. The van der Waals surface area contributed by atoms with E-state index in [1.54, 1.807) is 12.1 Å². The summed E-state index contributed by atoms with van der Waals surface area (Å²) in [6, 6.07) is 7.32. The number of hydrogen-bond donors (Lipinski definition) is 1. The zero-order valence-electron chi connectivity index (χ0n) is 8.97. The maximum absolute atomic E-state index is 11.1. The molecule has 0 spiro atoms. The molecule has 2 rings (SSSR count). The van der Waals surface area contributed by atoms with Crippen molar-refractivity contribution in [3.8, 4) is 5.75 Å². The number of nitrogens with one attached hydrogen (secondary N) is 1. The van der Waals surface area contributed by atoms with Crippen molar-refractivity contribution in [2.75, 3.05) is 7.11 Å². The van der Waals surface area contributed by atoms with Crippen molar-refractivity contribution in [3.05, 3.63) is 30.3 Å². The molecule has 2 N–H and O–H groups in total. The fraction of sp³-hybridized carbons (Fsp3) is 0.0909. The van der Waals surface area contributed by atoms with Gasteiger partial charge in [-0.25, -0.2) is 0 Å². The van der Waals surface area contributed by atoms with Crippen LogP contribution in [0.15, 0.2) is 35.2 Å². The molecule has 89 valence electrons. The highest BCUT2D eigenvalue weighted by atomic mass is 32.2. The molecule has 0 aliphatic rings. The first kappa shape index (κ1) is 11.7. The lowest BCUT2D eigenvalue weighted by molar-refractivity contribution is 0.417. The Hall–Kier alpha value is -1.79. The van der Waals surface area contributed by atoms with Crippen LogP contribution in [-0.4, -0.2) is 20.1 Å². The Balaban J connectivity index is 2.85. The average molecular weight is 252 g/mol. The summed E-state index contributed by atoms with van der Waals surface area (Å²) < 4.78 is 36.2. The lowest BCUT2D eigenvalue weighted by Gasteiger charge is -2.08. The van der Waals surface area contributed by atoms with Gasteiger partial charge in [0.1, 0.15) is 5.75 Å². The number of ether oxygens (including phenoxy) is 1. The van der Waals surface area contributed by atoms with Crippen molar-refractivity contribution < 1.29 is 17.7 Å².